The molecule has 4 rings (SSSR count). The number of nitrogens with one attached hydrogen (secondary N) is 2. The van der Waals surface area contributed by atoms with E-state index < -0.39 is 11.7 Å². The van der Waals surface area contributed by atoms with Gasteiger partial charge in [-0.15, -0.1) is 10.2 Å². The number of hydrogen-bond donors (Lipinski definition) is 2. The van der Waals surface area contributed by atoms with Gasteiger partial charge in [-0.25, -0.2) is 4.39 Å². The van der Waals surface area contributed by atoms with Crippen LogP contribution in [0.15, 0.2) is 48.5 Å². The van der Waals surface area contributed by atoms with Crippen LogP contribution in [-0.2, 0) is 0 Å². The molecule has 2 aromatic heterocycles. The molecule has 28 heavy (non-hydrogen) atoms. The molecular formula is C18H13FN6OS2. The number of para-hydroxylation sites is 1. The molecule has 140 valence electrons. The normalized spacial score (nSPS) is 10.8. The number of fused-ring (bicyclic) bond motifs is 1. The maximum atomic E-state index is 13.3. The highest BCUT2D eigenvalue weighted by molar-refractivity contribution is 7.80. The summed E-state index contributed by atoms with van der Waals surface area (Å²) in [5.74, 6) is -0.292. The Balaban J connectivity index is 1.55. The first-order chi connectivity index (χ1) is 13.5. The van der Waals surface area contributed by atoms with Gasteiger partial charge in [-0.3, -0.25) is 10.1 Å². The van der Waals surface area contributed by atoms with Crippen LogP contribution in [0.2, 0.25) is 0 Å². The largest absolute Gasteiger partial charge is 0.332 e. The second-order valence-electron chi connectivity index (χ2n) is 5.81. The van der Waals surface area contributed by atoms with Gasteiger partial charge in [-0.2, -0.15) is 9.61 Å². The zero-order valence-electron chi connectivity index (χ0n) is 14.5. The molecule has 0 aliphatic rings. The van der Waals surface area contributed by atoms with E-state index in [2.05, 4.69) is 25.9 Å². The Bertz CT molecular complexity index is 1200. The molecule has 0 aliphatic carbocycles. The zero-order valence-corrected chi connectivity index (χ0v) is 16.1. The van der Waals surface area contributed by atoms with Crippen LogP contribution in [0.4, 0.5) is 10.1 Å². The number of nitrogens with zero attached hydrogens (tertiary/aromatic N) is 4. The van der Waals surface area contributed by atoms with Gasteiger partial charge in [-0.05, 0) is 49.5 Å². The topological polar surface area (TPSA) is 84.2 Å². The monoisotopic (exact) mass is 412 g/mol. The number of carbonyl (C=O) groups excluding carboxylic acids is 1. The highest BCUT2D eigenvalue weighted by atomic mass is 32.1. The third kappa shape index (κ3) is 3.59. The predicted molar refractivity (Wildman–Crippen MR) is 109 cm³/mol. The lowest BCUT2D eigenvalue weighted by atomic mass is 10.2. The lowest BCUT2D eigenvalue weighted by Crippen LogP contribution is -2.34. The lowest BCUT2D eigenvalue weighted by Gasteiger charge is -2.12. The van der Waals surface area contributed by atoms with Crippen molar-refractivity contribution in [3.8, 4) is 10.6 Å². The van der Waals surface area contributed by atoms with E-state index in [0.717, 1.165) is 16.6 Å². The molecule has 2 heterocycles. The van der Waals surface area contributed by atoms with Gasteiger partial charge >= 0.3 is 0 Å². The number of aromatic nitrogens is 4. The van der Waals surface area contributed by atoms with E-state index in [-0.39, 0.29) is 10.7 Å². The second-order valence-corrected chi connectivity index (χ2v) is 7.18. The van der Waals surface area contributed by atoms with Crippen molar-refractivity contribution in [3.63, 3.8) is 0 Å². The van der Waals surface area contributed by atoms with E-state index in [1.54, 1.807) is 4.52 Å². The quantitative estimate of drug-likeness (QED) is 0.502. The van der Waals surface area contributed by atoms with Crippen LogP contribution in [0.5, 0.6) is 0 Å². The first-order valence-corrected chi connectivity index (χ1v) is 9.40. The molecule has 0 atom stereocenters. The fourth-order valence-electron chi connectivity index (χ4n) is 2.56. The molecule has 0 aliphatic heterocycles. The summed E-state index contributed by atoms with van der Waals surface area (Å²) in [5, 5.41) is 19.0. The molecule has 0 fully saturated rings. The third-order valence-electron chi connectivity index (χ3n) is 3.87. The predicted octanol–water partition coefficient (Wildman–Crippen LogP) is 3.43. The Hall–Kier alpha value is -3.24. The minimum Gasteiger partial charge on any atom is -0.332 e. The Labute approximate surface area is 168 Å². The van der Waals surface area contributed by atoms with E-state index in [0.29, 0.717) is 16.5 Å². The summed E-state index contributed by atoms with van der Waals surface area (Å²) >= 11 is 6.63. The first kappa shape index (κ1) is 18.1. The Morgan fingerprint density at radius 2 is 2.00 bits per heavy atom. The van der Waals surface area contributed by atoms with E-state index in [9.17, 15) is 9.18 Å². The highest BCUT2D eigenvalue weighted by Crippen LogP contribution is 2.31. The summed E-state index contributed by atoms with van der Waals surface area (Å²) in [5.41, 5.74) is 1.66. The van der Waals surface area contributed by atoms with Crippen molar-refractivity contribution >= 4 is 45.2 Å². The molecule has 0 unspecified atom stereocenters. The maximum absolute atomic E-state index is 13.3. The Morgan fingerprint density at radius 3 is 2.79 bits per heavy atom. The molecule has 10 heteroatoms. The summed E-state index contributed by atoms with van der Waals surface area (Å²) in [4.78, 5) is 12.9. The minimum absolute atomic E-state index is 0.0980. The first-order valence-electron chi connectivity index (χ1n) is 8.17. The summed E-state index contributed by atoms with van der Waals surface area (Å²) < 4.78 is 15.0. The zero-order chi connectivity index (χ0) is 19.7. The standard InChI is InChI=1S/C18H13FN6OS2/c1-10-22-23-18-25(10)24-16(28-18)13-7-2-3-8-14(13)20-17(27)21-15(26)11-5-4-6-12(19)9-11/h2-9H,1H3,(H2,20,21,26,27). The molecule has 2 aromatic carbocycles. The molecule has 4 aromatic rings. The van der Waals surface area contributed by atoms with Crippen LogP contribution in [-0.4, -0.2) is 30.8 Å². The summed E-state index contributed by atoms with van der Waals surface area (Å²) in [6.45, 7) is 1.82. The van der Waals surface area contributed by atoms with Crippen LogP contribution in [0, 0.1) is 12.7 Å². The number of aryl methyl sites for hydroxylation is 1. The maximum Gasteiger partial charge on any atom is 0.257 e. The Kier molecular flexibility index (Phi) is 4.80. The van der Waals surface area contributed by atoms with Gasteiger partial charge in [0, 0.05) is 11.1 Å². The molecule has 0 radical (unpaired) electrons. The molecular weight excluding hydrogens is 399 g/mol. The number of rotatable bonds is 3. The Morgan fingerprint density at radius 1 is 1.18 bits per heavy atom. The molecule has 0 spiro atoms. The van der Waals surface area contributed by atoms with Gasteiger partial charge in [0.05, 0.1) is 5.69 Å². The molecule has 0 bridgehead atoms. The molecule has 7 nitrogen and oxygen atoms in total. The number of amides is 1. The van der Waals surface area contributed by atoms with Gasteiger partial charge in [-0.1, -0.05) is 29.5 Å². The fourth-order valence-corrected chi connectivity index (χ4v) is 3.69. The van der Waals surface area contributed by atoms with E-state index >= 15 is 0 Å². The van der Waals surface area contributed by atoms with Gasteiger partial charge in [0.25, 0.3) is 5.91 Å². The number of hydrogen-bond acceptors (Lipinski definition) is 6. The van der Waals surface area contributed by atoms with Crippen LogP contribution in [0.25, 0.3) is 15.5 Å². The van der Waals surface area contributed by atoms with Crippen molar-refractivity contribution in [2.24, 2.45) is 0 Å². The van der Waals surface area contributed by atoms with Gasteiger partial charge in [0.15, 0.2) is 10.9 Å². The van der Waals surface area contributed by atoms with Crippen LogP contribution in [0.1, 0.15) is 16.2 Å². The SMILES string of the molecule is Cc1nnc2sc(-c3ccccc3NC(=S)NC(=O)c3cccc(F)c3)nn12. The highest BCUT2D eigenvalue weighted by Gasteiger charge is 2.15. The van der Waals surface area contributed by atoms with E-state index in [4.69, 9.17) is 12.2 Å². The minimum atomic E-state index is -0.496. The van der Waals surface area contributed by atoms with Crippen LogP contribution >= 0.6 is 23.6 Å². The molecule has 0 saturated heterocycles. The van der Waals surface area contributed by atoms with Crippen molar-refractivity contribution < 1.29 is 9.18 Å². The van der Waals surface area contributed by atoms with E-state index in [1.165, 1.54) is 29.5 Å². The summed E-state index contributed by atoms with van der Waals surface area (Å²) in [6.07, 6.45) is 0. The van der Waals surface area contributed by atoms with Gasteiger partial charge < -0.3 is 5.32 Å². The fraction of sp³-hybridized carbons (Fsp3) is 0.0556. The number of halogens is 1. The van der Waals surface area contributed by atoms with Gasteiger partial charge in [0.1, 0.15) is 10.8 Å². The number of benzene rings is 2. The average molecular weight is 412 g/mol. The average Bonchev–Trinajstić information content (AvgIpc) is 3.24. The van der Waals surface area contributed by atoms with Crippen molar-refractivity contribution in [3.05, 3.63) is 65.7 Å². The molecule has 0 saturated carbocycles. The number of thiocarbonyl (C=S) groups is 1. The van der Waals surface area contributed by atoms with Crippen molar-refractivity contribution in [1.82, 2.24) is 25.1 Å². The smallest absolute Gasteiger partial charge is 0.257 e. The van der Waals surface area contributed by atoms with Crippen molar-refractivity contribution in [2.75, 3.05) is 5.32 Å². The van der Waals surface area contributed by atoms with Gasteiger partial charge in [0.2, 0.25) is 4.96 Å². The number of anilines is 1. The molecule has 2 N–H and O–H groups in total. The van der Waals surface area contributed by atoms with Crippen molar-refractivity contribution in [2.45, 2.75) is 6.92 Å². The molecule has 1 amide bonds. The van der Waals surface area contributed by atoms with E-state index in [1.807, 2.05) is 31.2 Å². The van der Waals surface area contributed by atoms with Crippen LogP contribution in [0.3, 0.4) is 0 Å². The number of carbonyl (C=O) groups is 1. The third-order valence-corrected chi connectivity index (χ3v) is 5.00. The summed E-state index contributed by atoms with van der Waals surface area (Å²) in [6, 6.07) is 12.8. The lowest BCUT2D eigenvalue weighted by molar-refractivity contribution is 0.0977. The van der Waals surface area contributed by atoms with Crippen molar-refractivity contribution in [1.29, 1.82) is 0 Å². The second kappa shape index (κ2) is 7.41. The summed E-state index contributed by atoms with van der Waals surface area (Å²) in [7, 11) is 0. The van der Waals surface area contributed by atoms with Crippen LogP contribution < -0.4 is 10.6 Å².